The molecule has 0 aliphatic rings. The largest absolute Gasteiger partial charge is 0.493 e. The van der Waals surface area contributed by atoms with E-state index in [1.54, 1.807) is 6.07 Å². The van der Waals surface area contributed by atoms with Crippen LogP contribution in [0.25, 0.3) is 10.4 Å². The van der Waals surface area contributed by atoms with Gasteiger partial charge in [0.2, 0.25) is 0 Å². The minimum absolute atomic E-state index is 0.359. The Morgan fingerprint density at radius 2 is 2.11 bits per heavy atom. The maximum absolute atomic E-state index is 11.0. The van der Waals surface area contributed by atoms with Gasteiger partial charge in [-0.3, -0.25) is 0 Å². The highest BCUT2D eigenvalue weighted by Crippen LogP contribution is 2.37. The molecule has 1 aromatic carbocycles. The Labute approximate surface area is 116 Å². The molecule has 2 aromatic rings. The first-order valence-electron chi connectivity index (χ1n) is 6.19. The molecule has 0 saturated heterocycles. The van der Waals surface area contributed by atoms with Gasteiger partial charge in [-0.15, -0.1) is 11.3 Å². The van der Waals surface area contributed by atoms with Crippen LogP contribution in [0, 0.1) is 6.92 Å². The second kappa shape index (κ2) is 5.89. The van der Waals surface area contributed by atoms with Crippen molar-refractivity contribution in [1.29, 1.82) is 0 Å². The van der Waals surface area contributed by atoms with Crippen LogP contribution in [0.15, 0.2) is 30.3 Å². The highest BCUT2D eigenvalue weighted by molar-refractivity contribution is 7.17. The van der Waals surface area contributed by atoms with Crippen molar-refractivity contribution in [1.82, 2.24) is 0 Å². The normalized spacial score (nSPS) is 10.4. The Morgan fingerprint density at radius 1 is 1.37 bits per heavy atom. The number of carbonyl (C=O) groups is 1. The van der Waals surface area contributed by atoms with Crippen molar-refractivity contribution >= 4 is 17.3 Å². The van der Waals surface area contributed by atoms with Crippen LogP contribution < -0.4 is 4.74 Å². The number of hydrogen-bond acceptors (Lipinski definition) is 3. The van der Waals surface area contributed by atoms with Gasteiger partial charge in [0.05, 0.1) is 6.61 Å². The topological polar surface area (TPSA) is 46.5 Å². The predicted octanol–water partition coefficient (Wildman–Crippen LogP) is 4.21. The first kappa shape index (κ1) is 13.6. The summed E-state index contributed by atoms with van der Waals surface area (Å²) in [6.07, 6.45) is 0.943. The van der Waals surface area contributed by atoms with E-state index in [2.05, 4.69) is 6.92 Å². The molecular weight excluding hydrogens is 260 g/mol. The maximum Gasteiger partial charge on any atom is 0.345 e. The Morgan fingerprint density at radius 3 is 2.74 bits per heavy atom. The molecule has 0 aliphatic carbocycles. The second-order valence-corrected chi connectivity index (χ2v) is 5.32. The van der Waals surface area contributed by atoms with E-state index in [0.29, 0.717) is 11.5 Å². The molecule has 0 radical (unpaired) electrons. The molecule has 0 saturated carbocycles. The number of carboxylic acid groups (broad SMARTS) is 1. The third-order valence-corrected chi connectivity index (χ3v) is 3.98. The number of carboxylic acids is 1. The summed E-state index contributed by atoms with van der Waals surface area (Å²) >= 11 is 1.29. The molecule has 0 bridgehead atoms. The second-order valence-electron chi connectivity index (χ2n) is 4.27. The zero-order valence-electron chi connectivity index (χ0n) is 11.0. The lowest BCUT2D eigenvalue weighted by Crippen LogP contribution is -1.96. The van der Waals surface area contributed by atoms with Crippen molar-refractivity contribution in [2.24, 2.45) is 0 Å². The number of benzene rings is 1. The predicted molar refractivity (Wildman–Crippen MR) is 77.2 cm³/mol. The van der Waals surface area contributed by atoms with Crippen molar-refractivity contribution in [3.05, 3.63) is 40.8 Å². The van der Waals surface area contributed by atoms with E-state index in [4.69, 9.17) is 9.84 Å². The number of hydrogen-bond donors (Lipinski definition) is 1. The van der Waals surface area contributed by atoms with Crippen molar-refractivity contribution in [3.8, 4) is 16.2 Å². The van der Waals surface area contributed by atoms with Crippen LogP contribution in [-0.2, 0) is 0 Å². The Bertz CT molecular complexity index is 587. The summed E-state index contributed by atoms with van der Waals surface area (Å²) in [5.74, 6) is -0.0717. The number of aryl methyl sites for hydroxylation is 1. The van der Waals surface area contributed by atoms with Crippen LogP contribution in [0.4, 0.5) is 0 Å². The van der Waals surface area contributed by atoms with E-state index in [1.165, 1.54) is 11.3 Å². The Balaban J connectivity index is 2.43. The molecule has 0 amide bonds. The van der Waals surface area contributed by atoms with Crippen LogP contribution in [0.1, 0.15) is 28.6 Å². The molecule has 0 unspecified atom stereocenters. The minimum Gasteiger partial charge on any atom is -0.493 e. The fourth-order valence-corrected chi connectivity index (χ4v) is 2.89. The third kappa shape index (κ3) is 2.96. The van der Waals surface area contributed by atoms with Crippen LogP contribution in [-0.4, -0.2) is 17.7 Å². The quantitative estimate of drug-likeness (QED) is 0.889. The van der Waals surface area contributed by atoms with Crippen LogP contribution in [0.2, 0.25) is 0 Å². The van der Waals surface area contributed by atoms with Crippen molar-refractivity contribution in [2.45, 2.75) is 20.3 Å². The summed E-state index contributed by atoms with van der Waals surface area (Å²) in [5, 5.41) is 9.06. The van der Waals surface area contributed by atoms with Crippen molar-refractivity contribution in [3.63, 3.8) is 0 Å². The highest BCUT2D eigenvalue weighted by atomic mass is 32.1. The highest BCUT2D eigenvalue weighted by Gasteiger charge is 2.15. The van der Waals surface area contributed by atoms with E-state index < -0.39 is 5.97 Å². The number of para-hydroxylation sites is 1. The first-order chi connectivity index (χ1) is 9.13. The fourth-order valence-electron chi connectivity index (χ4n) is 1.85. The molecule has 1 aromatic heterocycles. The van der Waals surface area contributed by atoms with Gasteiger partial charge < -0.3 is 9.84 Å². The van der Waals surface area contributed by atoms with Gasteiger partial charge in [-0.2, -0.15) is 0 Å². The molecule has 1 N–H and O–H groups in total. The van der Waals surface area contributed by atoms with E-state index in [0.717, 1.165) is 28.2 Å². The lowest BCUT2D eigenvalue weighted by molar-refractivity contribution is 0.0702. The monoisotopic (exact) mass is 276 g/mol. The molecule has 0 aliphatic heterocycles. The molecule has 19 heavy (non-hydrogen) atoms. The molecule has 0 atom stereocenters. The SMILES string of the molecule is CCCOc1ccccc1-c1sc(C(=O)O)cc1C. The number of rotatable bonds is 5. The molecule has 3 nitrogen and oxygen atoms in total. The van der Waals surface area contributed by atoms with Gasteiger partial charge in [0, 0.05) is 10.4 Å². The Hall–Kier alpha value is -1.81. The molecule has 100 valence electrons. The lowest BCUT2D eigenvalue weighted by atomic mass is 10.1. The van der Waals surface area contributed by atoms with Crippen molar-refractivity contribution < 1.29 is 14.6 Å². The number of thiophene rings is 1. The third-order valence-electron chi connectivity index (χ3n) is 2.72. The molecule has 2 rings (SSSR count). The number of aromatic carboxylic acids is 1. The van der Waals surface area contributed by atoms with Crippen LogP contribution >= 0.6 is 11.3 Å². The first-order valence-corrected chi connectivity index (χ1v) is 7.01. The standard InChI is InChI=1S/C15H16O3S/c1-3-8-18-12-7-5-4-6-11(12)14-10(2)9-13(19-14)15(16)17/h4-7,9H,3,8H2,1-2H3,(H,16,17). The molecule has 1 heterocycles. The fraction of sp³-hybridized carbons (Fsp3) is 0.267. The average Bonchev–Trinajstić information content (AvgIpc) is 2.79. The van der Waals surface area contributed by atoms with E-state index >= 15 is 0 Å². The van der Waals surface area contributed by atoms with E-state index in [1.807, 2.05) is 31.2 Å². The zero-order valence-corrected chi connectivity index (χ0v) is 11.8. The number of ether oxygens (including phenoxy) is 1. The molecule has 0 fully saturated rings. The van der Waals surface area contributed by atoms with Gasteiger partial charge in [0.15, 0.2) is 0 Å². The van der Waals surface area contributed by atoms with Crippen molar-refractivity contribution in [2.75, 3.05) is 6.61 Å². The molecule has 4 heteroatoms. The van der Waals surface area contributed by atoms with Gasteiger partial charge in [0.1, 0.15) is 10.6 Å². The van der Waals surface area contributed by atoms with Gasteiger partial charge in [-0.25, -0.2) is 4.79 Å². The summed E-state index contributed by atoms with van der Waals surface area (Å²) < 4.78 is 5.72. The summed E-state index contributed by atoms with van der Waals surface area (Å²) in [6.45, 7) is 4.64. The Kier molecular flexibility index (Phi) is 4.22. The molecular formula is C15H16O3S. The van der Waals surface area contributed by atoms with E-state index in [-0.39, 0.29) is 0 Å². The smallest absolute Gasteiger partial charge is 0.345 e. The summed E-state index contributed by atoms with van der Waals surface area (Å²) in [7, 11) is 0. The van der Waals surface area contributed by atoms with Gasteiger partial charge in [-0.1, -0.05) is 19.1 Å². The summed E-state index contributed by atoms with van der Waals surface area (Å²) in [6, 6.07) is 9.46. The lowest BCUT2D eigenvalue weighted by Gasteiger charge is -2.10. The average molecular weight is 276 g/mol. The maximum atomic E-state index is 11.0. The van der Waals surface area contributed by atoms with Gasteiger partial charge in [-0.05, 0) is 37.1 Å². The van der Waals surface area contributed by atoms with Gasteiger partial charge in [0.25, 0.3) is 0 Å². The zero-order chi connectivity index (χ0) is 13.8. The summed E-state index contributed by atoms with van der Waals surface area (Å²) in [5.41, 5.74) is 1.93. The summed E-state index contributed by atoms with van der Waals surface area (Å²) in [4.78, 5) is 12.4. The molecule has 0 spiro atoms. The van der Waals surface area contributed by atoms with Crippen LogP contribution in [0.5, 0.6) is 5.75 Å². The van der Waals surface area contributed by atoms with Crippen LogP contribution in [0.3, 0.4) is 0 Å². The van der Waals surface area contributed by atoms with E-state index in [9.17, 15) is 4.79 Å². The van der Waals surface area contributed by atoms with Gasteiger partial charge >= 0.3 is 5.97 Å². The minimum atomic E-state index is -0.883.